The Balaban J connectivity index is 0.000000366. The first-order valence-corrected chi connectivity index (χ1v) is 24.0. The van der Waals surface area contributed by atoms with Crippen LogP contribution < -0.4 is 26.0 Å². The van der Waals surface area contributed by atoms with Crippen molar-refractivity contribution in [3.8, 4) is 16.2 Å². The van der Waals surface area contributed by atoms with E-state index in [1.807, 2.05) is 55.1 Å². The monoisotopic (exact) mass is 950 g/mol. The van der Waals surface area contributed by atoms with Crippen LogP contribution in [0, 0.1) is 6.92 Å². The molecule has 350 valence electrons. The van der Waals surface area contributed by atoms with Crippen molar-refractivity contribution in [1.29, 1.82) is 0 Å². The lowest BCUT2D eigenvalue weighted by molar-refractivity contribution is -0.139. The smallest absolute Gasteiger partial charge is 0.258 e. The van der Waals surface area contributed by atoms with E-state index in [1.165, 1.54) is 16.6 Å². The van der Waals surface area contributed by atoms with Gasteiger partial charge in [-0.25, -0.2) is 14.4 Å². The molecule has 3 atom stereocenters. The van der Waals surface area contributed by atoms with Crippen molar-refractivity contribution < 1.29 is 28.3 Å². The number of likely N-dealkylation sites (tertiary alicyclic amines) is 1. The summed E-state index contributed by atoms with van der Waals surface area (Å²) < 4.78 is 19.6. The highest BCUT2D eigenvalue weighted by Gasteiger charge is 2.53. The molecule has 19 heteroatoms. The number of hydrogen-bond acceptors (Lipinski definition) is 13. The van der Waals surface area contributed by atoms with Crippen molar-refractivity contribution in [3.05, 3.63) is 76.0 Å². The second kappa shape index (κ2) is 22.0. The summed E-state index contributed by atoms with van der Waals surface area (Å²) >= 11 is 9.37. The Bertz CT molecular complexity index is 2290. The molecule has 4 N–H and O–H groups in total. The van der Waals surface area contributed by atoms with E-state index < -0.39 is 22.4 Å². The zero-order valence-corrected chi connectivity index (χ0v) is 40.5. The quantitative estimate of drug-likeness (QED) is 0.0805. The zero-order chi connectivity index (χ0) is 46.9. The number of aryl methyl sites for hydroxylation is 1. The van der Waals surface area contributed by atoms with Gasteiger partial charge < -0.3 is 35.8 Å². The van der Waals surface area contributed by atoms with Crippen molar-refractivity contribution in [2.75, 3.05) is 64.1 Å². The van der Waals surface area contributed by atoms with E-state index in [9.17, 15) is 23.6 Å². The minimum atomic E-state index is -1.86. The number of ether oxygens (including phenoxy) is 1. The van der Waals surface area contributed by atoms with E-state index in [0.29, 0.717) is 79.5 Å². The number of alkyl halides is 1. The van der Waals surface area contributed by atoms with Gasteiger partial charge in [0.25, 0.3) is 11.8 Å². The molecule has 7 rings (SSSR count). The van der Waals surface area contributed by atoms with Crippen LogP contribution in [0.1, 0.15) is 75.0 Å². The van der Waals surface area contributed by atoms with Crippen LogP contribution in [0.3, 0.4) is 0 Å². The van der Waals surface area contributed by atoms with E-state index >= 15 is 0 Å². The van der Waals surface area contributed by atoms with Crippen LogP contribution in [0.5, 0.6) is 5.75 Å². The Morgan fingerprint density at radius 3 is 2.42 bits per heavy atom. The highest BCUT2D eigenvalue weighted by molar-refractivity contribution is 8.01. The molecule has 15 nitrogen and oxygen atoms in total. The average molecular weight is 952 g/mol. The molecule has 2 aliphatic heterocycles. The summed E-state index contributed by atoms with van der Waals surface area (Å²) in [5.74, 6) is 0.401. The minimum absolute atomic E-state index is 0.0807. The highest BCUT2D eigenvalue weighted by Crippen LogP contribution is 2.41. The number of methoxy groups -OCH3 is 1. The maximum Gasteiger partial charge on any atom is 0.258 e. The van der Waals surface area contributed by atoms with Crippen LogP contribution in [-0.4, -0.2) is 135 Å². The molecule has 1 saturated carbocycles. The topological polar surface area (TPSA) is 174 Å². The maximum absolute atomic E-state index is 14.7. The molecule has 0 spiro atoms. The number of aromatic nitrogens is 3. The van der Waals surface area contributed by atoms with Gasteiger partial charge in [-0.3, -0.25) is 24.1 Å². The molecule has 65 heavy (non-hydrogen) atoms. The number of carbonyl (C=O) groups excluding carboxylic acids is 4. The molecule has 4 amide bonds. The van der Waals surface area contributed by atoms with Gasteiger partial charge in [0, 0.05) is 74.5 Å². The van der Waals surface area contributed by atoms with Gasteiger partial charge in [-0.05, 0) is 82.7 Å². The molecule has 2 aromatic heterocycles. The van der Waals surface area contributed by atoms with Crippen molar-refractivity contribution in [2.45, 2.75) is 94.6 Å². The van der Waals surface area contributed by atoms with Gasteiger partial charge in [-0.2, -0.15) is 4.98 Å². The summed E-state index contributed by atoms with van der Waals surface area (Å²) in [5.41, 5.74) is 4.45. The third kappa shape index (κ3) is 12.7. The van der Waals surface area contributed by atoms with Crippen LogP contribution in [-0.2, 0) is 20.9 Å². The van der Waals surface area contributed by atoms with Crippen LogP contribution in [0.15, 0.2) is 54.2 Å². The summed E-state index contributed by atoms with van der Waals surface area (Å²) in [4.78, 5) is 70.2. The number of benzene rings is 2. The Morgan fingerprint density at radius 2 is 1.82 bits per heavy atom. The van der Waals surface area contributed by atoms with Crippen molar-refractivity contribution in [1.82, 2.24) is 40.3 Å². The molecule has 4 aromatic rings. The fraction of sp³-hybridized carbons (Fsp3) is 0.500. The second-order valence-corrected chi connectivity index (χ2v) is 20.5. The van der Waals surface area contributed by atoms with E-state index in [0.717, 1.165) is 30.6 Å². The summed E-state index contributed by atoms with van der Waals surface area (Å²) in [5, 5.41) is 12.0. The minimum Gasteiger partial charge on any atom is -0.495 e. The second-order valence-electron chi connectivity index (χ2n) is 17.2. The predicted octanol–water partition coefficient (Wildman–Crippen LogP) is 6.94. The molecule has 1 aliphatic carbocycles. The number of carbonyl (C=O) groups is 4. The van der Waals surface area contributed by atoms with Gasteiger partial charge >= 0.3 is 0 Å². The van der Waals surface area contributed by atoms with Gasteiger partial charge in [-0.1, -0.05) is 42.8 Å². The lowest BCUT2D eigenvalue weighted by Crippen LogP contribution is -2.60. The van der Waals surface area contributed by atoms with Gasteiger partial charge in [-0.15, -0.1) is 23.1 Å². The number of thiazole rings is 1. The molecular weight excluding hydrogens is 891 g/mol. The Hall–Kier alpha value is -5.04. The van der Waals surface area contributed by atoms with Gasteiger partial charge in [0.1, 0.15) is 22.6 Å². The van der Waals surface area contributed by atoms with Gasteiger partial charge in [0.05, 0.1) is 35.1 Å². The number of thioether (sulfide) groups is 1. The lowest BCUT2D eigenvalue weighted by Gasteiger charge is -2.40. The third-order valence-corrected chi connectivity index (χ3v) is 14.5. The molecular formula is C46H60ClFN10O5S2. The van der Waals surface area contributed by atoms with Crippen molar-refractivity contribution in [3.63, 3.8) is 0 Å². The van der Waals surface area contributed by atoms with E-state index in [-0.39, 0.29) is 35.9 Å². The number of rotatable bonds is 17. The zero-order valence-electron chi connectivity index (χ0n) is 38.1. The fourth-order valence-corrected chi connectivity index (χ4v) is 10.6. The predicted molar refractivity (Wildman–Crippen MR) is 257 cm³/mol. The summed E-state index contributed by atoms with van der Waals surface area (Å²) in [6, 6.07) is 12.6. The van der Waals surface area contributed by atoms with Crippen LogP contribution in [0.25, 0.3) is 10.4 Å². The summed E-state index contributed by atoms with van der Waals surface area (Å²) in [6.07, 6.45) is 4.45. The Kier molecular flexibility index (Phi) is 16.7. The summed E-state index contributed by atoms with van der Waals surface area (Å²) in [7, 11) is 3.26. The van der Waals surface area contributed by atoms with Gasteiger partial charge in [0.2, 0.25) is 18.3 Å². The molecule has 3 unspecified atom stereocenters. The molecule has 3 aliphatic rings. The molecule has 2 saturated heterocycles. The van der Waals surface area contributed by atoms with E-state index in [1.54, 1.807) is 55.5 Å². The van der Waals surface area contributed by atoms with E-state index in [4.69, 9.17) is 16.3 Å². The van der Waals surface area contributed by atoms with Crippen molar-refractivity contribution in [2.24, 2.45) is 0 Å². The normalized spacial score (nSPS) is 17.8. The molecule has 3 fully saturated rings. The number of nitrogens with one attached hydrogen (secondary N) is 4. The Labute approximate surface area is 394 Å². The average Bonchev–Trinajstić information content (AvgIpc) is 3.66. The van der Waals surface area contributed by atoms with Crippen molar-refractivity contribution >= 4 is 76.3 Å². The third-order valence-electron chi connectivity index (χ3n) is 11.9. The number of anilines is 3. The summed E-state index contributed by atoms with van der Waals surface area (Å²) in [6.45, 7) is 14.6. The van der Waals surface area contributed by atoms with Gasteiger partial charge in [0.15, 0.2) is 5.67 Å². The standard InChI is InChI=1S/C34H48ClFN8O4S.C12H12N2OS/c1-21-8-7-13-44(21)30(46)27(40-31(47)34(36)11-12-34)33(3,4)49-22(2)20-42-14-16-43(17-15-42)29(45)23-9-10-25(26(18-23)48-6)39-32-38-19-24(35)28(37-5)41-32;1-9-12(16-8-14-9)11-4-2-10(3-5-11)6-13-7-15/h9-10,18-19,21-22,27H,7-8,11-17,20H2,1-6H3,(H,40,47)(H2,37,38,39,41);2-5,7-8H,6H2,1H3,(H,13,15). The number of amides is 4. The largest absolute Gasteiger partial charge is 0.495 e. The highest BCUT2D eigenvalue weighted by atomic mass is 35.5. The molecule has 0 bridgehead atoms. The number of piperazine rings is 1. The molecule has 0 radical (unpaired) electrons. The SMILES string of the molecule is CNc1nc(Nc2ccc(C(=O)N3CCN(CC(C)SC(C)(C)C(NC(=O)C4(F)CC4)C(=O)N4CCCC4C)CC3)cc2OC)ncc1Cl.Cc1ncsc1-c1ccc(CNC=O)cc1. The molecule has 4 heterocycles. The first-order valence-electron chi connectivity index (χ1n) is 21.9. The van der Waals surface area contributed by atoms with Crippen LogP contribution >= 0.6 is 34.7 Å². The number of halogens is 2. The number of hydrogen-bond donors (Lipinski definition) is 4. The molecule has 2 aromatic carbocycles. The fourth-order valence-electron chi connectivity index (χ4n) is 8.02. The first kappa shape index (κ1) is 49.4. The maximum atomic E-state index is 14.7. The van der Waals surface area contributed by atoms with Crippen LogP contribution in [0.4, 0.5) is 21.8 Å². The lowest BCUT2D eigenvalue weighted by atomic mass is 10.0. The Morgan fingerprint density at radius 1 is 1.09 bits per heavy atom. The van der Waals surface area contributed by atoms with Crippen LogP contribution in [0.2, 0.25) is 5.02 Å². The van der Waals surface area contributed by atoms with E-state index in [2.05, 4.69) is 60.2 Å². The number of nitrogens with zero attached hydrogens (tertiary/aromatic N) is 6. The first-order chi connectivity index (χ1) is 31.0.